The zero-order chi connectivity index (χ0) is 10.9. The first-order valence-corrected chi connectivity index (χ1v) is 4.76. The quantitative estimate of drug-likeness (QED) is 0.627. The molecule has 2 heteroatoms. The SMILES string of the molecule is C/C=C(/C)CN(CC)C(C)C.C=O. The molecule has 0 aromatic carbocycles. The zero-order valence-electron chi connectivity index (χ0n) is 9.63. The topological polar surface area (TPSA) is 20.3 Å². The summed E-state index contributed by atoms with van der Waals surface area (Å²) >= 11 is 0. The summed E-state index contributed by atoms with van der Waals surface area (Å²) in [6.07, 6.45) is 2.19. The van der Waals surface area contributed by atoms with E-state index in [1.807, 2.05) is 6.79 Å². The van der Waals surface area contributed by atoms with Gasteiger partial charge < -0.3 is 4.79 Å². The molecular weight excluding hydrogens is 162 g/mol. The van der Waals surface area contributed by atoms with Gasteiger partial charge in [0.05, 0.1) is 0 Å². The molecule has 0 radical (unpaired) electrons. The summed E-state index contributed by atoms with van der Waals surface area (Å²) in [5.74, 6) is 0. The summed E-state index contributed by atoms with van der Waals surface area (Å²) in [5.41, 5.74) is 1.46. The molecule has 0 rings (SSSR count). The molecule has 0 aromatic heterocycles. The summed E-state index contributed by atoms with van der Waals surface area (Å²) in [5, 5.41) is 0. The third kappa shape index (κ3) is 7.72. The fourth-order valence-electron chi connectivity index (χ4n) is 1.07. The minimum absolute atomic E-state index is 0.662. The number of carbonyl (C=O) groups is 1. The number of nitrogens with zero attached hydrogens (tertiary/aromatic N) is 1. The Bertz CT molecular complexity index is 141. The summed E-state index contributed by atoms with van der Waals surface area (Å²) in [6.45, 7) is 15.2. The van der Waals surface area contributed by atoms with Gasteiger partial charge in [0.1, 0.15) is 6.79 Å². The van der Waals surface area contributed by atoms with Gasteiger partial charge in [-0.3, -0.25) is 4.90 Å². The normalized spacial score (nSPS) is 11.5. The van der Waals surface area contributed by atoms with E-state index in [1.165, 1.54) is 5.57 Å². The molecule has 78 valence electrons. The first-order valence-electron chi connectivity index (χ1n) is 4.76. The van der Waals surface area contributed by atoms with Gasteiger partial charge in [0.25, 0.3) is 0 Å². The summed E-state index contributed by atoms with van der Waals surface area (Å²) in [4.78, 5) is 10.5. The maximum absolute atomic E-state index is 8.00. The predicted octanol–water partition coefficient (Wildman–Crippen LogP) is 2.50. The second kappa shape index (κ2) is 9.46. The molecular formula is C11H23NO. The van der Waals surface area contributed by atoms with E-state index in [0.717, 1.165) is 13.1 Å². The van der Waals surface area contributed by atoms with Crippen LogP contribution in [0.5, 0.6) is 0 Å². The fraction of sp³-hybridized carbons (Fsp3) is 0.727. The summed E-state index contributed by atoms with van der Waals surface area (Å²) < 4.78 is 0. The Balaban J connectivity index is 0. The van der Waals surface area contributed by atoms with Crippen molar-refractivity contribution in [3.63, 3.8) is 0 Å². The van der Waals surface area contributed by atoms with Crippen molar-refractivity contribution in [2.24, 2.45) is 0 Å². The van der Waals surface area contributed by atoms with Crippen molar-refractivity contribution in [3.05, 3.63) is 11.6 Å². The Hall–Kier alpha value is -0.630. The summed E-state index contributed by atoms with van der Waals surface area (Å²) in [7, 11) is 0. The number of hydrogen-bond acceptors (Lipinski definition) is 2. The molecule has 0 spiro atoms. The van der Waals surface area contributed by atoms with Crippen LogP contribution in [0.3, 0.4) is 0 Å². The highest BCUT2D eigenvalue weighted by atomic mass is 16.1. The second-order valence-electron chi connectivity index (χ2n) is 3.29. The van der Waals surface area contributed by atoms with Gasteiger partial charge in [-0.15, -0.1) is 0 Å². The minimum Gasteiger partial charge on any atom is -0.307 e. The van der Waals surface area contributed by atoms with E-state index in [2.05, 4.69) is 45.6 Å². The van der Waals surface area contributed by atoms with Crippen LogP contribution in [0.4, 0.5) is 0 Å². The van der Waals surface area contributed by atoms with Crippen LogP contribution in [-0.4, -0.2) is 30.8 Å². The van der Waals surface area contributed by atoms with Crippen LogP contribution in [0.25, 0.3) is 0 Å². The molecule has 0 heterocycles. The van der Waals surface area contributed by atoms with Crippen LogP contribution < -0.4 is 0 Å². The lowest BCUT2D eigenvalue weighted by Gasteiger charge is -2.24. The molecule has 0 unspecified atom stereocenters. The lowest BCUT2D eigenvalue weighted by molar-refractivity contribution is -0.0979. The number of carbonyl (C=O) groups excluding carboxylic acids is 1. The highest BCUT2D eigenvalue weighted by molar-refractivity contribution is 5.11. The van der Waals surface area contributed by atoms with Crippen molar-refractivity contribution in [1.29, 1.82) is 0 Å². The molecule has 0 amide bonds. The highest BCUT2D eigenvalue weighted by Crippen LogP contribution is 2.02. The molecule has 13 heavy (non-hydrogen) atoms. The first-order chi connectivity index (χ1) is 6.11. The van der Waals surface area contributed by atoms with Crippen LogP contribution in [0, 0.1) is 0 Å². The van der Waals surface area contributed by atoms with E-state index >= 15 is 0 Å². The molecule has 0 N–H and O–H groups in total. The van der Waals surface area contributed by atoms with Crippen LogP contribution in [0.2, 0.25) is 0 Å². The molecule has 0 fully saturated rings. The van der Waals surface area contributed by atoms with Crippen LogP contribution in [-0.2, 0) is 4.79 Å². The lowest BCUT2D eigenvalue weighted by atomic mass is 10.2. The average Bonchev–Trinajstić information content (AvgIpc) is 2.16. The van der Waals surface area contributed by atoms with Crippen LogP contribution in [0.15, 0.2) is 11.6 Å². The van der Waals surface area contributed by atoms with Crippen LogP contribution in [0.1, 0.15) is 34.6 Å². The maximum Gasteiger partial charge on any atom is 0.106 e. The molecule has 0 aliphatic heterocycles. The number of allylic oxidation sites excluding steroid dienone is 1. The van der Waals surface area contributed by atoms with E-state index < -0.39 is 0 Å². The number of likely N-dealkylation sites (N-methyl/N-ethyl adjacent to an activating group) is 1. The molecule has 0 aliphatic rings. The molecule has 0 saturated heterocycles. The largest absolute Gasteiger partial charge is 0.307 e. The van der Waals surface area contributed by atoms with Gasteiger partial charge >= 0.3 is 0 Å². The van der Waals surface area contributed by atoms with E-state index in [4.69, 9.17) is 4.79 Å². The standard InChI is InChI=1S/C10H21N.CH2O/c1-6-10(5)8-11(7-2)9(3)4;1-2/h6,9H,7-8H2,1-5H3;1H2/b10-6-;. The van der Waals surface area contributed by atoms with Gasteiger partial charge in [-0.25, -0.2) is 0 Å². The van der Waals surface area contributed by atoms with Gasteiger partial charge in [-0.2, -0.15) is 0 Å². The Morgan fingerprint density at radius 1 is 1.46 bits per heavy atom. The molecule has 0 aliphatic carbocycles. The zero-order valence-corrected chi connectivity index (χ0v) is 9.63. The monoisotopic (exact) mass is 185 g/mol. The third-order valence-corrected chi connectivity index (χ3v) is 2.08. The van der Waals surface area contributed by atoms with Gasteiger partial charge in [0.2, 0.25) is 0 Å². The average molecular weight is 185 g/mol. The van der Waals surface area contributed by atoms with Crippen molar-refractivity contribution < 1.29 is 4.79 Å². The van der Waals surface area contributed by atoms with Gasteiger partial charge in [0, 0.05) is 12.6 Å². The molecule has 0 saturated carbocycles. The molecule has 0 aromatic rings. The van der Waals surface area contributed by atoms with E-state index in [-0.39, 0.29) is 0 Å². The van der Waals surface area contributed by atoms with E-state index in [0.29, 0.717) is 6.04 Å². The van der Waals surface area contributed by atoms with Gasteiger partial charge in [0.15, 0.2) is 0 Å². The Labute approximate surface area is 82.6 Å². The van der Waals surface area contributed by atoms with Crippen molar-refractivity contribution in [1.82, 2.24) is 4.90 Å². The predicted molar refractivity (Wildman–Crippen MR) is 58.9 cm³/mol. The van der Waals surface area contributed by atoms with Gasteiger partial charge in [-0.05, 0) is 34.2 Å². The maximum atomic E-state index is 8.00. The minimum atomic E-state index is 0.662. The molecule has 0 bridgehead atoms. The second-order valence-corrected chi connectivity index (χ2v) is 3.29. The van der Waals surface area contributed by atoms with Crippen molar-refractivity contribution in [2.45, 2.75) is 40.7 Å². The Morgan fingerprint density at radius 3 is 2.15 bits per heavy atom. The first kappa shape index (κ1) is 14.9. The van der Waals surface area contributed by atoms with Crippen molar-refractivity contribution in [2.75, 3.05) is 13.1 Å². The van der Waals surface area contributed by atoms with E-state index in [1.54, 1.807) is 0 Å². The van der Waals surface area contributed by atoms with Crippen molar-refractivity contribution >= 4 is 6.79 Å². The smallest absolute Gasteiger partial charge is 0.106 e. The van der Waals surface area contributed by atoms with E-state index in [9.17, 15) is 0 Å². The molecule has 2 nitrogen and oxygen atoms in total. The Morgan fingerprint density at radius 2 is 1.92 bits per heavy atom. The number of rotatable bonds is 4. The fourth-order valence-corrected chi connectivity index (χ4v) is 1.07. The van der Waals surface area contributed by atoms with Crippen LogP contribution >= 0.6 is 0 Å². The highest BCUT2D eigenvalue weighted by Gasteiger charge is 2.05. The van der Waals surface area contributed by atoms with Crippen molar-refractivity contribution in [3.8, 4) is 0 Å². The lowest BCUT2D eigenvalue weighted by Crippen LogP contribution is -2.31. The third-order valence-electron chi connectivity index (χ3n) is 2.08. The number of hydrogen-bond donors (Lipinski definition) is 0. The van der Waals surface area contributed by atoms with Gasteiger partial charge in [-0.1, -0.05) is 18.6 Å². The molecule has 0 atom stereocenters. The summed E-state index contributed by atoms with van der Waals surface area (Å²) in [6, 6.07) is 0.662. The Kier molecular flexibility index (Phi) is 10.8.